The number of aryl methyl sites for hydroxylation is 1. The Bertz CT molecular complexity index is 767. The monoisotopic (exact) mass is 292 g/mol. The van der Waals surface area contributed by atoms with Crippen LogP contribution < -0.4 is 21.9 Å². The number of nitrogens with zero attached hydrogens (tertiary/aromatic N) is 3. The van der Waals surface area contributed by atoms with E-state index in [1.807, 2.05) is 0 Å². The Kier molecular flexibility index (Phi) is 3.54. The van der Waals surface area contributed by atoms with Crippen molar-refractivity contribution in [2.75, 3.05) is 18.4 Å². The lowest BCUT2D eigenvalue weighted by Gasteiger charge is -2.03. The van der Waals surface area contributed by atoms with Crippen molar-refractivity contribution in [3.05, 3.63) is 20.8 Å². The van der Waals surface area contributed by atoms with Crippen LogP contribution in [0.2, 0.25) is 0 Å². The second kappa shape index (κ2) is 5.36. The highest BCUT2D eigenvalue weighted by atomic mass is 16.2. The van der Waals surface area contributed by atoms with E-state index in [0.717, 1.165) is 24.1 Å². The standard InChI is InChI=1S/C13H20N6O2/c1-18-10-9(11(20)19(2)13(18)21)16-12(17-10)15-7-3-6-14-8-4-5-8/h8,14H,3-7H2,1-2H3,(H2,15,16,17). The fourth-order valence-electron chi connectivity index (χ4n) is 2.30. The molecule has 0 saturated heterocycles. The van der Waals surface area contributed by atoms with Crippen molar-refractivity contribution >= 4 is 17.1 Å². The second-order valence-electron chi connectivity index (χ2n) is 5.50. The Morgan fingerprint density at radius 2 is 2.00 bits per heavy atom. The van der Waals surface area contributed by atoms with Gasteiger partial charge >= 0.3 is 5.69 Å². The lowest BCUT2D eigenvalue weighted by molar-refractivity contribution is 0.658. The number of aromatic nitrogens is 4. The fourth-order valence-corrected chi connectivity index (χ4v) is 2.30. The quantitative estimate of drug-likeness (QED) is 0.625. The van der Waals surface area contributed by atoms with Gasteiger partial charge in [0.2, 0.25) is 5.95 Å². The first-order valence-electron chi connectivity index (χ1n) is 7.21. The predicted molar refractivity (Wildman–Crippen MR) is 80.7 cm³/mol. The van der Waals surface area contributed by atoms with Crippen molar-refractivity contribution in [3.63, 3.8) is 0 Å². The molecular formula is C13H20N6O2. The summed E-state index contributed by atoms with van der Waals surface area (Å²) in [5.41, 5.74) is -0.0110. The van der Waals surface area contributed by atoms with Crippen molar-refractivity contribution in [1.82, 2.24) is 24.4 Å². The molecule has 0 aromatic carbocycles. The summed E-state index contributed by atoms with van der Waals surface area (Å²) in [6.07, 6.45) is 3.55. The minimum absolute atomic E-state index is 0.346. The second-order valence-corrected chi connectivity index (χ2v) is 5.50. The zero-order valence-electron chi connectivity index (χ0n) is 12.3. The smallest absolute Gasteiger partial charge is 0.332 e. The van der Waals surface area contributed by atoms with Gasteiger partial charge < -0.3 is 15.6 Å². The van der Waals surface area contributed by atoms with Crippen LogP contribution in [0, 0.1) is 0 Å². The van der Waals surface area contributed by atoms with Gasteiger partial charge in [-0.3, -0.25) is 13.9 Å². The van der Waals surface area contributed by atoms with Crippen LogP contribution in [0.5, 0.6) is 0 Å². The first-order chi connectivity index (χ1) is 10.1. The predicted octanol–water partition coefficient (Wildman–Crippen LogP) is -0.486. The maximum atomic E-state index is 12.0. The van der Waals surface area contributed by atoms with E-state index in [1.54, 1.807) is 7.05 Å². The van der Waals surface area contributed by atoms with Crippen molar-refractivity contribution in [3.8, 4) is 0 Å². The molecule has 0 bridgehead atoms. The fraction of sp³-hybridized carbons (Fsp3) is 0.615. The molecule has 2 aromatic rings. The average molecular weight is 292 g/mol. The van der Waals surface area contributed by atoms with Crippen LogP contribution in [0.15, 0.2) is 9.59 Å². The van der Waals surface area contributed by atoms with Gasteiger partial charge in [0.25, 0.3) is 5.56 Å². The normalized spacial score (nSPS) is 14.8. The molecule has 2 heterocycles. The number of hydrogen-bond acceptors (Lipinski definition) is 5. The Morgan fingerprint density at radius 3 is 2.71 bits per heavy atom. The highest BCUT2D eigenvalue weighted by molar-refractivity contribution is 5.72. The minimum Gasteiger partial charge on any atom is -0.356 e. The number of nitrogens with one attached hydrogen (secondary N) is 3. The van der Waals surface area contributed by atoms with Crippen LogP contribution in [0.4, 0.5) is 5.95 Å². The van der Waals surface area contributed by atoms with Crippen molar-refractivity contribution in [2.24, 2.45) is 14.1 Å². The number of hydrogen-bond donors (Lipinski definition) is 3. The van der Waals surface area contributed by atoms with E-state index < -0.39 is 0 Å². The van der Waals surface area contributed by atoms with Gasteiger partial charge in [-0.15, -0.1) is 0 Å². The number of aromatic amines is 1. The van der Waals surface area contributed by atoms with Gasteiger partial charge in [-0.2, -0.15) is 4.98 Å². The van der Waals surface area contributed by atoms with Gasteiger partial charge in [-0.1, -0.05) is 0 Å². The minimum atomic E-state index is -0.376. The highest BCUT2D eigenvalue weighted by Crippen LogP contribution is 2.18. The molecule has 3 N–H and O–H groups in total. The summed E-state index contributed by atoms with van der Waals surface area (Å²) in [6.45, 7) is 1.73. The maximum Gasteiger partial charge on any atom is 0.332 e. The van der Waals surface area contributed by atoms with Crippen molar-refractivity contribution < 1.29 is 0 Å². The third-order valence-corrected chi connectivity index (χ3v) is 3.75. The SMILES string of the molecule is Cn1c(=O)c2[nH]c(NCCCNC3CC3)nc2n(C)c1=O. The van der Waals surface area contributed by atoms with Gasteiger partial charge in [-0.25, -0.2) is 4.79 Å². The number of imidazole rings is 1. The molecule has 0 spiro atoms. The van der Waals surface area contributed by atoms with E-state index in [-0.39, 0.29) is 11.2 Å². The molecule has 21 heavy (non-hydrogen) atoms. The Morgan fingerprint density at radius 1 is 1.24 bits per heavy atom. The van der Waals surface area contributed by atoms with Crippen LogP contribution in [0.1, 0.15) is 19.3 Å². The largest absolute Gasteiger partial charge is 0.356 e. The van der Waals surface area contributed by atoms with Gasteiger partial charge in [0.1, 0.15) is 0 Å². The molecule has 3 rings (SSSR count). The molecule has 114 valence electrons. The van der Waals surface area contributed by atoms with Crippen LogP contribution in [-0.2, 0) is 14.1 Å². The molecular weight excluding hydrogens is 272 g/mol. The van der Waals surface area contributed by atoms with Crippen LogP contribution in [0.3, 0.4) is 0 Å². The van der Waals surface area contributed by atoms with E-state index in [1.165, 1.54) is 24.5 Å². The van der Waals surface area contributed by atoms with Crippen molar-refractivity contribution in [2.45, 2.75) is 25.3 Å². The lowest BCUT2D eigenvalue weighted by atomic mass is 10.4. The molecule has 0 aliphatic heterocycles. The van der Waals surface area contributed by atoms with Gasteiger partial charge in [-0.05, 0) is 25.8 Å². The summed E-state index contributed by atoms with van der Waals surface area (Å²) in [7, 11) is 3.07. The van der Waals surface area contributed by atoms with E-state index >= 15 is 0 Å². The molecule has 8 nitrogen and oxygen atoms in total. The zero-order valence-corrected chi connectivity index (χ0v) is 12.3. The molecule has 1 fully saturated rings. The number of H-pyrrole nitrogens is 1. The van der Waals surface area contributed by atoms with E-state index in [0.29, 0.717) is 23.2 Å². The number of fused-ring (bicyclic) bond motifs is 1. The third-order valence-electron chi connectivity index (χ3n) is 3.75. The number of rotatable bonds is 6. The molecule has 0 amide bonds. The highest BCUT2D eigenvalue weighted by Gasteiger charge is 2.19. The summed E-state index contributed by atoms with van der Waals surface area (Å²) in [4.78, 5) is 31.1. The first kappa shape index (κ1) is 13.9. The molecule has 0 atom stereocenters. The molecule has 0 unspecified atom stereocenters. The maximum absolute atomic E-state index is 12.0. The van der Waals surface area contributed by atoms with Crippen LogP contribution in [-0.4, -0.2) is 38.2 Å². The molecule has 1 aliphatic rings. The number of anilines is 1. The van der Waals surface area contributed by atoms with E-state index in [2.05, 4.69) is 20.6 Å². The van der Waals surface area contributed by atoms with Crippen LogP contribution >= 0.6 is 0 Å². The van der Waals surface area contributed by atoms with Crippen molar-refractivity contribution in [1.29, 1.82) is 0 Å². The Hall–Kier alpha value is -2.09. The summed E-state index contributed by atoms with van der Waals surface area (Å²) in [5.74, 6) is 0.523. The van der Waals surface area contributed by atoms with E-state index in [9.17, 15) is 9.59 Å². The Balaban J connectivity index is 1.71. The third kappa shape index (κ3) is 2.71. The van der Waals surface area contributed by atoms with E-state index in [4.69, 9.17) is 0 Å². The molecule has 0 radical (unpaired) electrons. The zero-order chi connectivity index (χ0) is 15.0. The average Bonchev–Trinajstić information content (AvgIpc) is 3.20. The topological polar surface area (TPSA) is 96.7 Å². The summed E-state index contributed by atoms with van der Waals surface area (Å²) in [5, 5.41) is 6.58. The molecule has 8 heteroatoms. The summed E-state index contributed by atoms with van der Waals surface area (Å²) < 4.78 is 2.44. The van der Waals surface area contributed by atoms with Gasteiger partial charge in [0, 0.05) is 26.7 Å². The lowest BCUT2D eigenvalue weighted by Crippen LogP contribution is -2.36. The first-order valence-corrected chi connectivity index (χ1v) is 7.21. The summed E-state index contributed by atoms with van der Waals surface area (Å²) in [6, 6.07) is 0.716. The molecule has 2 aromatic heterocycles. The Labute approximate surface area is 121 Å². The molecule has 1 aliphatic carbocycles. The molecule has 1 saturated carbocycles. The van der Waals surface area contributed by atoms with Crippen LogP contribution in [0.25, 0.3) is 11.2 Å². The van der Waals surface area contributed by atoms with Gasteiger partial charge in [0.05, 0.1) is 0 Å². The van der Waals surface area contributed by atoms with Gasteiger partial charge in [0.15, 0.2) is 11.2 Å². The summed E-state index contributed by atoms with van der Waals surface area (Å²) >= 11 is 0.